The molecule has 2 aromatic rings. The first-order valence-electron chi connectivity index (χ1n) is 8.84. The molecule has 0 saturated carbocycles. The van der Waals surface area contributed by atoms with Crippen LogP contribution in [0.15, 0.2) is 53.1 Å². The van der Waals surface area contributed by atoms with Crippen LogP contribution >= 0.6 is 0 Å². The lowest BCUT2D eigenvalue weighted by Gasteiger charge is -2.37. The summed E-state index contributed by atoms with van der Waals surface area (Å²) in [6, 6.07) is 13.1. The molecule has 1 aliphatic heterocycles. The monoisotopic (exact) mass is 340 g/mol. The molecule has 3 rings (SSSR count). The molecule has 1 fully saturated rings. The van der Waals surface area contributed by atoms with E-state index in [4.69, 9.17) is 4.42 Å². The van der Waals surface area contributed by atoms with Crippen molar-refractivity contribution in [2.45, 2.75) is 44.7 Å². The van der Waals surface area contributed by atoms with Crippen molar-refractivity contribution in [3.63, 3.8) is 0 Å². The number of nitrogens with zero attached hydrogens (tertiary/aromatic N) is 1. The molecule has 2 heterocycles. The average molecular weight is 340 g/mol. The maximum absolute atomic E-state index is 12.9. The predicted octanol–water partition coefficient (Wildman–Crippen LogP) is 3.02. The van der Waals surface area contributed by atoms with Crippen molar-refractivity contribution >= 4 is 11.8 Å². The van der Waals surface area contributed by atoms with Gasteiger partial charge in [0, 0.05) is 12.6 Å². The summed E-state index contributed by atoms with van der Waals surface area (Å²) >= 11 is 0. The molecular formula is C20H24N2O3. The van der Waals surface area contributed by atoms with Crippen LogP contribution < -0.4 is 5.32 Å². The summed E-state index contributed by atoms with van der Waals surface area (Å²) in [6.07, 6.45) is 5.44. The van der Waals surface area contributed by atoms with Gasteiger partial charge in [-0.25, -0.2) is 0 Å². The summed E-state index contributed by atoms with van der Waals surface area (Å²) in [4.78, 5) is 26.9. The molecule has 1 aromatic heterocycles. The molecule has 25 heavy (non-hydrogen) atoms. The van der Waals surface area contributed by atoms with Gasteiger partial charge in [-0.15, -0.1) is 0 Å². The van der Waals surface area contributed by atoms with Crippen molar-refractivity contribution in [1.29, 1.82) is 0 Å². The van der Waals surface area contributed by atoms with Crippen LogP contribution in [0, 0.1) is 0 Å². The van der Waals surface area contributed by atoms with Gasteiger partial charge in [-0.05, 0) is 50.3 Å². The Morgan fingerprint density at radius 2 is 2.00 bits per heavy atom. The fourth-order valence-electron chi connectivity index (χ4n) is 3.38. The molecule has 132 valence electrons. The highest BCUT2D eigenvalue weighted by Gasteiger charge is 2.30. The van der Waals surface area contributed by atoms with Gasteiger partial charge in [-0.2, -0.15) is 0 Å². The fourth-order valence-corrected chi connectivity index (χ4v) is 3.38. The Bertz CT molecular complexity index is 697. The summed E-state index contributed by atoms with van der Waals surface area (Å²) < 4.78 is 5.08. The first kappa shape index (κ1) is 17.3. The number of benzene rings is 1. The molecule has 2 amide bonds. The third kappa shape index (κ3) is 4.29. The van der Waals surface area contributed by atoms with E-state index in [9.17, 15) is 9.59 Å². The molecule has 0 bridgehead atoms. The minimum absolute atomic E-state index is 0.0273. The highest BCUT2D eigenvalue weighted by Crippen LogP contribution is 2.21. The Morgan fingerprint density at radius 3 is 2.72 bits per heavy atom. The van der Waals surface area contributed by atoms with Crippen LogP contribution in [0.4, 0.5) is 0 Å². The Morgan fingerprint density at radius 1 is 1.20 bits per heavy atom. The number of carbonyl (C=O) groups excluding carboxylic acids is 2. The SMILES string of the molecule is C[C@H](NC(=O)c1ccco1)C(=O)N1CCCC[C@@H]1Cc1ccccc1. The zero-order chi connectivity index (χ0) is 17.6. The van der Waals surface area contributed by atoms with E-state index < -0.39 is 6.04 Å². The van der Waals surface area contributed by atoms with Crippen LogP contribution in [0.2, 0.25) is 0 Å². The smallest absolute Gasteiger partial charge is 0.287 e. The zero-order valence-corrected chi connectivity index (χ0v) is 14.5. The number of nitrogens with one attached hydrogen (secondary N) is 1. The lowest BCUT2D eigenvalue weighted by molar-refractivity contribution is -0.136. The van der Waals surface area contributed by atoms with E-state index in [1.807, 2.05) is 23.1 Å². The minimum atomic E-state index is -0.575. The second-order valence-corrected chi connectivity index (χ2v) is 6.54. The minimum Gasteiger partial charge on any atom is -0.459 e. The summed E-state index contributed by atoms with van der Waals surface area (Å²) in [7, 11) is 0. The maximum Gasteiger partial charge on any atom is 0.287 e. The van der Waals surface area contributed by atoms with Crippen LogP contribution in [0.25, 0.3) is 0 Å². The van der Waals surface area contributed by atoms with Gasteiger partial charge in [-0.1, -0.05) is 30.3 Å². The third-order valence-corrected chi connectivity index (χ3v) is 4.69. The first-order chi connectivity index (χ1) is 12.1. The summed E-state index contributed by atoms with van der Waals surface area (Å²) in [6.45, 7) is 2.48. The molecule has 1 aliphatic rings. The van der Waals surface area contributed by atoms with Crippen molar-refractivity contribution in [2.75, 3.05) is 6.54 Å². The fraction of sp³-hybridized carbons (Fsp3) is 0.400. The van der Waals surface area contributed by atoms with E-state index in [1.54, 1.807) is 19.1 Å². The van der Waals surface area contributed by atoms with Gasteiger partial charge >= 0.3 is 0 Å². The summed E-state index contributed by atoms with van der Waals surface area (Å²) in [5.74, 6) is -0.165. The zero-order valence-electron chi connectivity index (χ0n) is 14.5. The van der Waals surface area contributed by atoms with E-state index in [0.29, 0.717) is 0 Å². The lowest BCUT2D eigenvalue weighted by atomic mass is 9.95. The van der Waals surface area contributed by atoms with Gasteiger partial charge in [-0.3, -0.25) is 9.59 Å². The van der Waals surface area contributed by atoms with E-state index in [-0.39, 0.29) is 23.6 Å². The normalized spacial score (nSPS) is 18.6. The van der Waals surface area contributed by atoms with Crippen LogP contribution in [-0.4, -0.2) is 35.3 Å². The number of piperidine rings is 1. The number of amides is 2. The molecule has 1 aromatic carbocycles. The molecule has 2 atom stereocenters. The Balaban J connectivity index is 1.64. The molecule has 5 nitrogen and oxygen atoms in total. The molecule has 0 spiro atoms. The van der Waals surface area contributed by atoms with Crippen molar-refractivity contribution in [3.05, 3.63) is 60.1 Å². The topological polar surface area (TPSA) is 62.6 Å². The first-order valence-corrected chi connectivity index (χ1v) is 8.84. The van der Waals surface area contributed by atoms with Crippen molar-refractivity contribution < 1.29 is 14.0 Å². The van der Waals surface area contributed by atoms with Crippen LogP contribution in [0.3, 0.4) is 0 Å². The van der Waals surface area contributed by atoms with E-state index in [1.165, 1.54) is 11.8 Å². The van der Waals surface area contributed by atoms with Gasteiger partial charge in [0.2, 0.25) is 5.91 Å². The van der Waals surface area contributed by atoms with E-state index in [0.717, 1.165) is 32.2 Å². The van der Waals surface area contributed by atoms with Crippen molar-refractivity contribution in [3.8, 4) is 0 Å². The summed E-state index contributed by atoms with van der Waals surface area (Å²) in [5, 5.41) is 2.74. The number of furan rings is 1. The standard InChI is InChI=1S/C20H24N2O3/c1-15(21-19(23)18-11-7-13-25-18)20(24)22-12-6-5-10-17(22)14-16-8-3-2-4-9-16/h2-4,7-9,11,13,15,17H,5-6,10,12,14H2,1H3,(H,21,23)/t15-,17+/m0/s1. The predicted molar refractivity (Wildman–Crippen MR) is 95.1 cm³/mol. The van der Waals surface area contributed by atoms with Crippen LogP contribution in [0.1, 0.15) is 42.3 Å². The molecule has 0 aliphatic carbocycles. The number of hydrogen-bond acceptors (Lipinski definition) is 3. The van der Waals surface area contributed by atoms with Crippen molar-refractivity contribution in [2.24, 2.45) is 0 Å². The van der Waals surface area contributed by atoms with Gasteiger partial charge in [0.05, 0.1) is 6.26 Å². The largest absolute Gasteiger partial charge is 0.459 e. The van der Waals surface area contributed by atoms with Crippen LogP contribution in [0.5, 0.6) is 0 Å². The molecule has 0 unspecified atom stereocenters. The van der Waals surface area contributed by atoms with Gasteiger partial charge < -0.3 is 14.6 Å². The van der Waals surface area contributed by atoms with Gasteiger partial charge in [0.25, 0.3) is 5.91 Å². The van der Waals surface area contributed by atoms with Gasteiger partial charge in [0.1, 0.15) is 6.04 Å². The molecule has 0 radical (unpaired) electrons. The highest BCUT2D eigenvalue weighted by atomic mass is 16.3. The third-order valence-electron chi connectivity index (χ3n) is 4.69. The van der Waals surface area contributed by atoms with E-state index in [2.05, 4.69) is 17.4 Å². The average Bonchev–Trinajstić information content (AvgIpc) is 3.17. The summed E-state index contributed by atoms with van der Waals surface area (Å²) in [5.41, 5.74) is 1.24. The molecule has 1 N–H and O–H groups in total. The molecule has 5 heteroatoms. The molecular weight excluding hydrogens is 316 g/mol. The molecule has 1 saturated heterocycles. The quantitative estimate of drug-likeness (QED) is 0.910. The van der Waals surface area contributed by atoms with E-state index >= 15 is 0 Å². The number of rotatable bonds is 5. The number of likely N-dealkylation sites (tertiary alicyclic amines) is 1. The second-order valence-electron chi connectivity index (χ2n) is 6.54. The Hall–Kier alpha value is -2.56. The second kappa shape index (κ2) is 8.01. The van der Waals surface area contributed by atoms with Crippen LogP contribution in [-0.2, 0) is 11.2 Å². The Kier molecular flexibility index (Phi) is 5.53. The van der Waals surface area contributed by atoms with Crippen molar-refractivity contribution in [1.82, 2.24) is 10.2 Å². The maximum atomic E-state index is 12.9. The van der Waals surface area contributed by atoms with Gasteiger partial charge in [0.15, 0.2) is 5.76 Å². The highest BCUT2D eigenvalue weighted by molar-refractivity contribution is 5.95. The Labute approximate surface area is 148 Å². The number of hydrogen-bond donors (Lipinski definition) is 1. The lowest BCUT2D eigenvalue weighted by Crippen LogP contribution is -2.52. The number of carbonyl (C=O) groups is 2.